The van der Waals surface area contributed by atoms with Gasteiger partial charge in [0.05, 0.1) is 3.57 Å². The number of rotatable bonds is 8. The van der Waals surface area contributed by atoms with Crippen LogP contribution in [0.2, 0.25) is 0 Å². The number of nitrogens with one attached hydrogen (secondary N) is 1. The van der Waals surface area contributed by atoms with Crippen LogP contribution in [0.1, 0.15) is 6.42 Å². The lowest BCUT2D eigenvalue weighted by atomic mass is 10.3. The maximum atomic E-state index is 11.8. The monoisotopic (exact) mass is 424 g/mol. The van der Waals surface area contributed by atoms with Crippen LogP contribution in [0.25, 0.3) is 0 Å². The van der Waals surface area contributed by atoms with E-state index in [2.05, 4.69) is 52.0 Å². The molecule has 0 atom stereocenters. The van der Waals surface area contributed by atoms with E-state index in [-0.39, 0.29) is 12.5 Å². The van der Waals surface area contributed by atoms with Gasteiger partial charge in [0.15, 0.2) is 6.61 Å². The Labute approximate surface area is 151 Å². The average molecular weight is 424 g/mol. The average Bonchev–Trinajstić information content (AvgIpc) is 2.58. The van der Waals surface area contributed by atoms with E-state index in [9.17, 15) is 4.79 Å². The molecule has 0 aliphatic heterocycles. The van der Waals surface area contributed by atoms with Gasteiger partial charge in [-0.05, 0) is 53.3 Å². The number of carbonyl (C=O) groups excluding carboxylic acids is 1. The fourth-order valence-electron chi connectivity index (χ4n) is 2.11. The normalized spacial score (nSPS) is 10.2. The summed E-state index contributed by atoms with van der Waals surface area (Å²) in [5.41, 5.74) is 1.18. The van der Waals surface area contributed by atoms with Crippen molar-refractivity contribution in [1.29, 1.82) is 0 Å². The van der Waals surface area contributed by atoms with Crippen molar-refractivity contribution in [1.82, 2.24) is 5.32 Å². The molecule has 0 radical (unpaired) electrons. The fourth-order valence-corrected chi connectivity index (χ4v) is 2.65. The lowest BCUT2D eigenvalue weighted by molar-refractivity contribution is -0.123. The molecule has 5 heteroatoms. The third-order valence-electron chi connectivity index (χ3n) is 3.38. The van der Waals surface area contributed by atoms with E-state index in [0.29, 0.717) is 6.54 Å². The van der Waals surface area contributed by atoms with Crippen molar-refractivity contribution in [3.8, 4) is 5.75 Å². The van der Waals surface area contributed by atoms with Crippen molar-refractivity contribution in [3.05, 3.63) is 58.2 Å². The number of para-hydroxylation sites is 2. The van der Waals surface area contributed by atoms with Crippen LogP contribution in [-0.2, 0) is 4.79 Å². The lowest BCUT2D eigenvalue weighted by Gasteiger charge is -2.19. The first-order valence-electron chi connectivity index (χ1n) is 7.57. The molecular weight excluding hydrogens is 403 g/mol. The number of anilines is 1. The minimum Gasteiger partial charge on any atom is -0.483 e. The van der Waals surface area contributed by atoms with Gasteiger partial charge in [-0.1, -0.05) is 30.3 Å². The molecule has 1 amide bonds. The van der Waals surface area contributed by atoms with Gasteiger partial charge in [0.25, 0.3) is 5.91 Å². The van der Waals surface area contributed by atoms with Crippen LogP contribution in [0.3, 0.4) is 0 Å². The number of benzene rings is 2. The van der Waals surface area contributed by atoms with E-state index in [1.54, 1.807) is 0 Å². The summed E-state index contributed by atoms with van der Waals surface area (Å²) in [5.74, 6) is 0.652. The summed E-state index contributed by atoms with van der Waals surface area (Å²) in [6.07, 6.45) is 0.889. The van der Waals surface area contributed by atoms with Crippen molar-refractivity contribution in [3.63, 3.8) is 0 Å². The van der Waals surface area contributed by atoms with Crippen LogP contribution in [-0.4, -0.2) is 32.7 Å². The minimum absolute atomic E-state index is 0.0501. The van der Waals surface area contributed by atoms with Gasteiger partial charge in [0, 0.05) is 25.8 Å². The molecular formula is C18H21IN2O2. The molecule has 0 saturated heterocycles. The molecule has 122 valence electrons. The second kappa shape index (κ2) is 9.39. The van der Waals surface area contributed by atoms with E-state index in [1.165, 1.54) is 5.69 Å². The van der Waals surface area contributed by atoms with Gasteiger partial charge in [-0.2, -0.15) is 0 Å². The molecule has 0 fully saturated rings. The maximum absolute atomic E-state index is 11.8. The molecule has 2 rings (SSSR count). The Kier molecular flexibility index (Phi) is 7.19. The Bertz CT molecular complexity index is 619. The number of amides is 1. The molecule has 2 aromatic rings. The highest BCUT2D eigenvalue weighted by molar-refractivity contribution is 14.1. The molecule has 0 saturated carbocycles. The number of hydrogen-bond acceptors (Lipinski definition) is 3. The van der Waals surface area contributed by atoms with Crippen LogP contribution in [0.5, 0.6) is 5.75 Å². The van der Waals surface area contributed by atoms with E-state index in [4.69, 9.17) is 4.74 Å². The van der Waals surface area contributed by atoms with E-state index >= 15 is 0 Å². The van der Waals surface area contributed by atoms with Crippen molar-refractivity contribution in [2.45, 2.75) is 6.42 Å². The predicted molar refractivity (Wildman–Crippen MR) is 102 cm³/mol. The summed E-state index contributed by atoms with van der Waals surface area (Å²) in [5, 5.41) is 2.89. The Morgan fingerprint density at radius 1 is 1.13 bits per heavy atom. The standard InChI is InChI=1S/C18H21IN2O2/c1-21(15-8-3-2-4-9-15)13-7-12-20-18(22)14-23-17-11-6-5-10-16(17)19/h2-6,8-11H,7,12-14H2,1H3,(H,20,22). The SMILES string of the molecule is CN(CCCNC(=O)COc1ccccc1I)c1ccccc1. The first-order chi connectivity index (χ1) is 11.2. The Morgan fingerprint density at radius 3 is 2.57 bits per heavy atom. The summed E-state index contributed by atoms with van der Waals surface area (Å²) in [6, 6.07) is 17.9. The topological polar surface area (TPSA) is 41.6 Å². The van der Waals surface area contributed by atoms with Gasteiger partial charge in [-0.15, -0.1) is 0 Å². The van der Waals surface area contributed by atoms with Gasteiger partial charge < -0.3 is 15.0 Å². The molecule has 23 heavy (non-hydrogen) atoms. The second-order valence-corrected chi connectivity index (χ2v) is 6.34. The molecule has 0 aromatic heterocycles. The predicted octanol–water partition coefficient (Wildman–Crippen LogP) is 3.31. The van der Waals surface area contributed by atoms with Gasteiger partial charge >= 0.3 is 0 Å². The summed E-state index contributed by atoms with van der Waals surface area (Å²) >= 11 is 2.19. The summed E-state index contributed by atoms with van der Waals surface area (Å²) in [4.78, 5) is 14.0. The minimum atomic E-state index is -0.0907. The molecule has 0 heterocycles. The maximum Gasteiger partial charge on any atom is 0.257 e. The molecule has 4 nitrogen and oxygen atoms in total. The summed E-state index contributed by atoms with van der Waals surface area (Å²) in [6.45, 7) is 1.58. The first kappa shape index (κ1) is 17.6. The number of hydrogen-bond donors (Lipinski definition) is 1. The van der Waals surface area contributed by atoms with E-state index in [1.807, 2.05) is 42.5 Å². The molecule has 0 aliphatic carbocycles. The van der Waals surface area contributed by atoms with Gasteiger partial charge in [-0.3, -0.25) is 4.79 Å². The van der Waals surface area contributed by atoms with E-state index in [0.717, 1.165) is 22.3 Å². The van der Waals surface area contributed by atoms with Crippen molar-refractivity contribution >= 4 is 34.2 Å². The Hall–Kier alpha value is -1.76. The number of carbonyl (C=O) groups is 1. The molecule has 0 unspecified atom stereocenters. The van der Waals surface area contributed by atoms with E-state index < -0.39 is 0 Å². The van der Waals surface area contributed by atoms with Crippen LogP contribution < -0.4 is 15.0 Å². The lowest BCUT2D eigenvalue weighted by Crippen LogP contribution is -2.31. The van der Waals surface area contributed by atoms with Crippen LogP contribution in [0, 0.1) is 3.57 Å². The second-order valence-electron chi connectivity index (χ2n) is 5.18. The third-order valence-corrected chi connectivity index (χ3v) is 4.28. The molecule has 0 bridgehead atoms. The number of nitrogens with zero attached hydrogens (tertiary/aromatic N) is 1. The highest BCUT2D eigenvalue weighted by Gasteiger charge is 2.05. The Morgan fingerprint density at radius 2 is 1.83 bits per heavy atom. The molecule has 2 aromatic carbocycles. The highest BCUT2D eigenvalue weighted by atomic mass is 127. The largest absolute Gasteiger partial charge is 0.483 e. The van der Waals surface area contributed by atoms with Crippen LogP contribution >= 0.6 is 22.6 Å². The van der Waals surface area contributed by atoms with Crippen LogP contribution in [0.4, 0.5) is 5.69 Å². The van der Waals surface area contributed by atoms with Crippen LogP contribution in [0.15, 0.2) is 54.6 Å². The summed E-state index contributed by atoms with van der Waals surface area (Å²) in [7, 11) is 2.05. The first-order valence-corrected chi connectivity index (χ1v) is 8.65. The quantitative estimate of drug-likeness (QED) is 0.523. The smallest absolute Gasteiger partial charge is 0.257 e. The molecule has 1 N–H and O–H groups in total. The number of halogens is 1. The number of ether oxygens (including phenoxy) is 1. The Balaban J connectivity index is 1.62. The van der Waals surface area contributed by atoms with Crippen molar-refractivity contribution in [2.75, 3.05) is 31.6 Å². The van der Waals surface area contributed by atoms with Gasteiger partial charge in [0.2, 0.25) is 0 Å². The highest BCUT2D eigenvalue weighted by Crippen LogP contribution is 2.19. The fraction of sp³-hybridized carbons (Fsp3) is 0.278. The zero-order chi connectivity index (χ0) is 16.5. The van der Waals surface area contributed by atoms with Gasteiger partial charge in [-0.25, -0.2) is 0 Å². The molecule has 0 spiro atoms. The van der Waals surface area contributed by atoms with Gasteiger partial charge in [0.1, 0.15) is 5.75 Å². The summed E-state index contributed by atoms with van der Waals surface area (Å²) < 4.78 is 6.52. The third kappa shape index (κ3) is 6.09. The zero-order valence-corrected chi connectivity index (χ0v) is 15.3. The molecule has 0 aliphatic rings. The zero-order valence-electron chi connectivity index (χ0n) is 13.2. The van der Waals surface area contributed by atoms with Crippen molar-refractivity contribution < 1.29 is 9.53 Å². The van der Waals surface area contributed by atoms with Crippen molar-refractivity contribution in [2.24, 2.45) is 0 Å².